The van der Waals surface area contributed by atoms with Gasteiger partial charge in [-0.05, 0) is 69.2 Å². The molecule has 204 valence electrons. The van der Waals surface area contributed by atoms with Crippen molar-refractivity contribution < 1.29 is 18.8 Å². The summed E-state index contributed by atoms with van der Waals surface area (Å²) < 4.78 is 13.5. The van der Waals surface area contributed by atoms with Crippen molar-refractivity contribution in [1.29, 1.82) is 0 Å². The van der Waals surface area contributed by atoms with Crippen LogP contribution < -0.4 is 5.73 Å². The molecule has 8 nitrogen and oxygen atoms in total. The maximum absolute atomic E-state index is 13.6. The van der Waals surface area contributed by atoms with Crippen LogP contribution in [0.5, 0.6) is 0 Å². The molecule has 1 fully saturated rings. The van der Waals surface area contributed by atoms with Crippen LogP contribution in [0.3, 0.4) is 0 Å². The van der Waals surface area contributed by atoms with Gasteiger partial charge in [0.2, 0.25) is 5.91 Å². The molecular formula is C32H32N4O4. The summed E-state index contributed by atoms with van der Waals surface area (Å²) in [5.41, 5.74) is 12.2. The molecule has 40 heavy (non-hydrogen) atoms. The number of nitrogens with zero attached hydrogens (tertiary/aromatic N) is 3. The molecule has 0 radical (unpaired) electrons. The van der Waals surface area contributed by atoms with E-state index in [1.165, 1.54) is 0 Å². The average molecular weight is 537 g/mol. The number of aromatic nitrogens is 2. The molecule has 1 aliphatic rings. The fourth-order valence-electron chi connectivity index (χ4n) is 6.05. The molecule has 2 amide bonds. The molecule has 2 aromatic heterocycles. The van der Waals surface area contributed by atoms with Crippen molar-refractivity contribution >= 4 is 33.6 Å². The number of hydrogen-bond donors (Lipinski definition) is 1. The van der Waals surface area contributed by atoms with Crippen LogP contribution in [0.25, 0.3) is 32.9 Å². The molecule has 8 heteroatoms. The third-order valence-corrected chi connectivity index (χ3v) is 7.69. The summed E-state index contributed by atoms with van der Waals surface area (Å²) in [6.07, 6.45) is -0.0677. The van der Waals surface area contributed by atoms with Crippen LogP contribution in [-0.4, -0.2) is 51.7 Å². The predicted octanol–water partition coefficient (Wildman–Crippen LogP) is 5.46. The molecule has 2 atom stereocenters. The number of carbonyl (C=O) groups excluding carboxylic acids is 2. The molecule has 0 aliphatic carbocycles. The normalized spacial score (nSPS) is 17.6. The van der Waals surface area contributed by atoms with Crippen molar-refractivity contribution in [2.45, 2.75) is 46.4 Å². The van der Waals surface area contributed by atoms with Gasteiger partial charge in [-0.25, -0.2) is 0 Å². The second-order valence-electron chi connectivity index (χ2n) is 10.8. The molecule has 2 unspecified atom stereocenters. The van der Waals surface area contributed by atoms with Crippen LogP contribution in [0.2, 0.25) is 0 Å². The molecule has 5 aromatic rings. The molecule has 0 bridgehead atoms. The van der Waals surface area contributed by atoms with Crippen LogP contribution in [0.1, 0.15) is 51.6 Å². The minimum Gasteiger partial charge on any atom is -0.372 e. The quantitative estimate of drug-likeness (QED) is 0.321. The predicted molar refractivity (Wildman–Crippen MR) is 154 cm³/mol. The van der Waals surface area contributed by atoms with Crippen LogP contribution in [0.4, 0.5) is 0 Å². The zero-order valence-electron chi connectivity index (χ0n) is 23.1. The summed E-state index contributed by atoms with van der Waals surface area (Å²) in [7, 11) is 0. The number of aryl methyl sites for hydroxylation is 2. The first-order chi connectivity index (χ1) is 19.2. The molecule has 1 saturated heterocycles. The van der Waals surface area contributed by atoms with Gasteiger partial charge in [0.15, 0.2) is 0 Å². The van der Waals surface area contributed by atoms with Crippen LogP contribution in [0, 0.1) is 13.8 Å². The highest BCUT2D eigenvalue weighted by Crippen LogP contribution is 2.38. The van der Waals surface area contributed by atoms with Crippen molar-refractivity contribution in [3.05, 3.63) is 88.8 Å². The molecule has 0 saturated carbocycles. The van der Waals surface area contributed by atoms with Gasteiger partial charge in [0.1, 0.15) is 5.76 Å². The smallest absolute Gasteiger partial charge is 0.254 e. The Kier molecular flexibility index (Phi) is 6.43. The number of primary amides is 1. The average Bonchev–Trinajstić information content (AvgIpc) is 3.43. The summed E-state index contributed by atoms with van der Waals surface area (Å²) >= 11 is 0. The lowest BCUT2D eigenvalue weighted by Crippen LogP contribution is -2.48. The zero-order valence-corrected chi connectivity index (χ0v) is 23.1. The summed E-state index contributed by atoms with van der Waals surface area (Å²) in [6, 6.07) is 19.8. The van der Waals surface area contributed by atoms with E-state index in [0.717, 1.165) is 44.2 Å². The van der Waals surface area contributed by atoms with Gasteiger partial charge >= 0.3 is 0 Å². The number of ether oxygens (including phenoxy) is 1. The van der Waals surface area contributed by atoms with E-state index in [4.69, 9.17) is 15.0 Å². The fourth-order valence-corrected chi connectivity index (χ4v) is 6.05. The Hall–Kier alpha value is -4.43. The second kappa shape index (κ2) is 9.95. The largest absolute Gasteiger partial charge is 0.372 e. The number of carbonyl (C=O) groups is 2. The summed E-state index contributed by atoms with van der Waals surface area (Å²) in [5.74, 6) is 0.0746. The number of hydrogen-bond acceptors (Lipinski definition) is 5. The highest BCUT2D eigenvalue weighted by atomic mass is 16.5. The van der Waals surface area contributed by atoms with E-state index in [-0.39, 0.29) is 18.1 Å². The minimum atomic E-state index is -0.537. The third kappa shape index (κ3) is 4.44. The van der Waals surface area contributed by atoms with Gasteiger partial charge in [-0.15, -0.1) is 0 Å². The van der Waals surface area contributed by atoms with E-state index in [1.54, 1.807) is 0 Å². The Bertz CT molecular complexity index is 1740. The molecule has 0 spiro atoms. The topological polar surface area (TPSA) is 104 Å². The molecule has 1 aliphatic heterocycles. The van der Waals surface area contributed by atoms with Gasteiger partial charge < -0.3 is 24.5 Å². The van der Waals surface area contributed by atoms with Gasteiger partial charge in [0.25, 0.3) is 5.91 Å². The van der Waals surface area contributed by atoms with E-state index < -0.39 is 5.91 Å². The Balaban J connectivity index is 1.60. The molecule has 3 heterocycles. The molecular weight excluding hydrogens is 504 g/mol. The van der Waals surface area contributed by atoms with E-state index in [0.29, 0.717) is 36.5 Å². The van der Waals surface area contributed by atoms with E-state index in [2.05, 4.69) is 27.9 Å². The highest BCUT2D eigenvalue weighted by Gasteiger charge is 2.28. The zero-order chi connectivity index (χ0) is 28.1. The van der Waals surface area contributed by atoms with Crippen molar-refractivity contribution in [2.24, 2.45) is 5.73 Å². The van der Waals surface area contributed by atoms with E-state index in [1.807, 2.05) is 75.1 Å². The molecule has 6 rings (SSSR count). The maximum Gasteiger partial charge on any atom is 0.254 e. The van der Waals surface area contributed by atoms with Crippen LogP contribution >= 0.6 is 0 Å². The maximum atomic E-state index is 13.6. The van der Waals surface area contributed by atoms with Gasteiger partial charge in [-0.1, -0.05) is 35.5 Å². The lowest BCUT2D eigenvalue weighted by molar-refractivity contribution is -0.0586. The van der Waals surface area contributed by atoms with Gasteiger partial charge in [-0.2, -0.15) is 0 Å². The Morgan fingerprint density at radius 2 is 1.70 bits per heavy atom. The summed E-state index contributed by atoms with van der Waals surface area (Å²) in [5, 5.41) is 5.66. The molecule has 3 aromatic carbocycles. The first-order valence-electron chi connectivity index (χ1n) is 13.5. The second-order valence-corrected chi connectivity index (χ2v) is 10.8. The standard InChI is InChI=1S/C32H32N4O4/c1-18-15-35(16-19(2)39-18)32(38)23-10-11-27-25(12-23)30-26(31(33)37)13-24(29-20(3)34-40-21(29)4)14-28(30)36(27)17-22-8-6-5-7-9-22/h5-14,18-19H,15-17H2,1-4H3,(H2,33,37). The Morgan fingerprint density at radius 3 is 2.35 bits per heavy atom. The monoisotopic (exact) mass is 536 g/mol. The fraction of sp³-hybridized carbons (Fsp3) is 0.281. The highest BCUT2D eigenvalue weighted by molar-refractivity contribution is 6.20. The first kappa shape index (κ1) is 25.8. The van der Waals surface area contributed by atoms with Crippen molar-refractivity contribution in [3.8, 4) is 11.1 Å². The lowest BCUT2D eigenvalue weighted by atomic mass is 9.97. The minimum absolute atomic E-state index is 0.0339. The van der Waals surface area contributed by atoms with Crippen molar-refractivity contribution in [1.82, 2.24) is 14.6 Å². The van der Waals surface area contributed by atoms with Crippen LogP contribution in [0.15, 0.2) is 65.2 Å². The lowest BCUT2D eigenvalue weighted by Gasteiger charge is -2.35. The van der Waals surface area contributed by atoms with Crippen LogP contribution in [-0.2, 0) is 11.3 Å². The van der Waals surface area contributed by atoms with Gasteiger partial charge in [0.05, 0.1) is 23.4 Å². The SMILES string of the molecule is Cc1noc(C)c1-c1cc(C(N)=O)c2c3cc(C(=O)N4CC(C)OC(C)C4)ccc3n(Cc3ccccc3)c2c1. The molecule has 2 N–H and O–H groups in total. The van der Waals surface area contributed by atoms with Gasteiger partial charge in [-0.3, -0.25) is 9.59 Å². The van der Waals surface area contributed by atoms with Crippen molar-refractivity contribution in [3.63, 3.8) is 0 Å². The number of morpholine rings is 1. The third-order valence-electron chi connectivity index (χ3n) is 7.69. The van der Waals surface area contributed by atoms with E-state index in [9.17, 15) is 9.59 Å². The number of amides is 2. The number of nitrogens with two attached hydrogens (primary N) is 1. The number of rotatable bonds is 5. The summed E-state index contributed by atoms with van der Waals surface area (Å²) in [4.78, 5) is 28.4. The Labute approximate surface area is 232 Å². The Morgan fingerprint density at radius 1 is 0.975 bits per heavy atom. The number of benzene rings is 3. The van der Waals surface area contributed by atoms with Gasteiger partial charge in [0, 0.05) is 52.6 Å². The van der Waals surface area contributed by atoms with Crippen molar-refractivity contribution in [2.75, 3.05) is 13.1 Å². The van der Waals surface area contributed by atoms with E-state index >= 15 is 0 Å². The first-order valence-corrected chi connectivity index (χ1v) is 13.5. The number of fused-ring (bicyclic) bond motifs is 3. The summed E-state index contributed by atoms with van der Waals surface area (Å²) in [6.45, 7) is 9.33.